The maximum Gasteiger partial charge on any atom is 0.142 e. The van der Waals surface area contributed by atoms with E-state index in [9.17, 15) is 14.4 Å². The second-order valence-electron chi connectivity index (χ2n) is 9.93. The molecule has 0 aliphatic rings. The molecule has 0 radical (unpaired) electrons. The van der Waals surface area contributed by atoms with Gasteiger partial charge in [0.2, 0.25) is 0 Å². The molecule has 0 aromatic heterocycles. The topological polar surface area (TPSA) is 132 Å². The van der Waals surface area contributed by atoms with Crippen LogP contribution in [0.2, 0.25) is 0 Å². The summed E-state index contributed by atoms with van der Waals surface area (Å²) < 4.78 is 0. The van der Waals surface area contributed by atoms with Gasteiger partial charge < -0.3 is 30.0 Å². The molecule has 0 aliphatic carbocycles. The molecule has 38 heavy (non-hydrogen) atoms. The first-order valence-electron chi connectivity index (χ1n) is 11.7. The van der Waals surface area contributed by atoms with Gasteiger partial charge in [0, 0.05) is 0 Å². The molecule has 0 bridgehead atoms. The number of hydrogen-bond acceptors (Lipinski definition) is 7. The predicted octanol–water partition coefficient (Wildman–Crippen LogP) is 5.01. The summed E-state index contributed by atoms with van der Waals surface area (Å²) in [5.41, 5.74) is -0.345. The molecule has 0 spiro atoms. The zero-order valence-corrected chi connectivity index (χ0v) is 26.4. The highest BCUT2D eigenvalue weighted by molar-refractivity contribution is 5.72. The van der Waals surface area contributed by atoms with Gasteiger partial charge in [-0.25, -0.2) is 0 Å². The van der Waals surface area contributed by atoms with Gasteiger partial charge in [0.15, 0.2) is 0 Å². The summed E-state index contributed by atoms with van der Waals surface area (Å²) in [6.07, 6.45) is 15.2. The minimum atomic E-state index is -0.931. The number of hydrogen-bond donors (Lipinski definition) is 4. The average molecular weight is 541 g/mol. The summed E-state index contributed by atoms with van der Waals surface area (Å²) in [5, 5.41) is 34.0. The number of carbonyl (C=O) groups is 3. The van der Waals surface area contributed by atoms with Crippen LogP contribution in [0, 0.1) is 24.7 Å². The molecule has 0 aliphatic heterocycles. The Balaban J connectivity index is -0.0000000594. The molecule has 7 heteroatoms. The fraction of sp³-hybridized carbons (Fsp3) is 0.581. The number of aliphatic hydroxyl groups is 4. The van der Waals surface area contributed by atoms with E-state index in [4.69, 9.17) is 33.3 Å². The second-order valence-corrected chi connectivity index (χ2v) is 9.93. The van der Waals surface area contributed by atoms with E-state index in [0.717, 1.165) is 17.4 Å². The van der Waals surface area contributed by atoms with Crippen molar-refractivity contribution in [3.05, 3.63) is 36.0 Å². The van der Waals surface area contributed by atoms with Crippen molar-refractivity contribution in [3.8, 4) is 24.7 Å². The van der Waals surface area contributed by atoms with Gasteiger partial charge in [-0.05, 0) is 103 Å². The SMILES string of the molecule is C#CC(C)(C)O.C#CC(C)(C)O.C=CC(C)(C)O.CC(C)=CC=O.CC(C)=CCO.CC(C)=O.CC(C)=O. The van der Waals surface area contributed by atoms with Crippen LogP contribution in [0.4, 0.5) is 0 Å². The lowest BCUT2D eigenvalue weighted by atomic mass is 10.1. The van der Waals surface area contributed by atoms with Gasteiger partial charge in [-0.2, -0.15) is 0 Å². The number of allylic oxidation sites excluding steroid dienone is 3. The van der Waals surface area contributed by atoms with Gasteiger partial charge in [0.25, 0.3) is 0 Å². The van der Waals surface area contributed by atoms with Crippen LogP contribution in [0.3, 0.4) is 0 Å². The Labute approximate surface area is 233 Å². The number of ketones is 2. The van der Waals surface area contributed by atoms with E-state index in [0.29, 0.717) is 0 Å². The largest absolute Gasteiger partial charge is 0.392 e. The van der Waals surface area contributed by atoms with Crippen LogP contribution in [0.15, 0.2) is 36.0 Å². The maximum atomic E-state index is 9.54. The second kappa shape index (κ2) is 32.2. The van der Waals surface area contributed by atoms with Crippen molar-refractivity contribution in [2.24, 2.45) is 0 Å². The fourth-order valence-corrected chi connectivity index (χ4v) is 0.319. The zero-order valence-electron chi connectivity index (χ0n) is 26.4. The Morgan fingerprint density at radius 3 is 0.947 bits per heavy atom. The summed E-state index contributed by atoms with van der Waals surface area (Å²) >= 11 is 0. The fourth-order valence-electron chi connectivity index (χ4n) is 0.319. The van der Waals surface area contributed by atoms with Crippen molar-refractivity contribution in [3.63, 3.8) is 0 Å². The van der Waals surface area contributed by atoms with Gasteiger partial charge in [0.1, 0.15) is 29.1 Å². The molecule has 0 heterocycles. The number of Topliss-reactive ketones (excluding diaryl/α,β-unsaturated/α-hetero) is 2. The van der Waals surface area contributed by atoms with E-state index in [2.05, 4.69) is 18.4 Å². The summed E-state index contributed by atoms with van der Waals surface area (Å²) in [7, 11) is 0. The first kappa shape index (κ1) is 51.8. The molecule has 4 N–H and O–H groups in total. The highest BCUT2D eigenvalue weighted by atomic mass is 16.3. The minimum absolute atomic E-state index is 0.167. The van der Waals surface area contributed by atoms with Gasteiger partial charge in [-0.3, -0.25) is 4.79 Å². The molecule has 7 nitrogen and oxygen atoms in total. The van der Waals surface area contributed by atoms with Crippen molar-refractivity contribution in [1.82, 2.24) is 0 Å². The van der Waals surface area contributed by atoms with Gasteiger partial charge in [-0.15, -0.1) is 19.4 Å². The molecular weight excluding hydrogens is 484 g/mol. The molecule has 0 aromatic carbocycles. The Morgan fingerprint density at radius 1 is 0.737 bits per heavy atom. The molecule has 0 unspecified atom stereocenters. The van der Waals surface area contributed by atoms with Crippen LogP contribution in [0.5, 0.6) is 0 Å². The molecule has 0 amide bonds. The van der Waals surface area contributed by atoms with Crippen molar-refractivity contribution in [1.29, 1.82) is 0 Å². The Hall–Kier alpha value is -2.81. The standard InChI is InChI=1S/C5H10O.C5H8O.C5H10O.2C5H8O.2C3H6O/c2*1-5(2)3-4-6;3*1-4-5(2,3)6;2*1-3(2)4/h3,6H,4H2,1-2H3;3-4H,1-2H3;4,6H,1H2,2-3H3;2*1,6H,2-3H3;2*1-2H3. The molecule has 0 aromatic rings. The van der Waals surface area contributed by atoms with Crippen LogP contribution in [-0.4, -0.2) is 61.7 Å². The summed E-state index contributed by atoms with van der Waals surface area (Å²) in [4.78, 5) is 28.4. The summed E-state index contributed by atoms with van der Waals surface area (Å²) in [5.74, 6) is 4.65. The van der Waals surface area contributed by atoms with Crippen LogP contribution in [0.25, 0.3) is 0 Å². The van der Waals surface area contributed by atoms with Crippen molar-refractivity contribution >= 4 is 17.9 Å². The van der Waals surface area contributed by atoms with Crippen molar-refractivity contribution in [2.75, 3.05) is 6.61 Å². The van der Waals surface area contributed by atoms with Crippen molar-refractivity contribution in [2.45, 2.75) is 114 Å². The van der Waals surface area contributed by atoms with E-state index < -0.39 is 16.8 Å². The van der Waals surface area contributed by atoms with E-state index in [1.165, 1.54) is 39.8 Å². The van der Waals surface area contributed by atoms with Crippen LogP contribution >= 0.6 is 0 Å². The van der Waals surface area contributed by atoms with Crippen molar-refractivity contribution < 1.29 is 34.8 Å². The number of aldehydes is 1. The normalized spacial score (nSPS) is 8.74. The zero-order chi connectivity index (χ0) is 32.8. The third-order valence-electron chi connectivity index (χ3n) is 2.11. The van der Waals surface area contributed by atoms with E-state index in [1.807, 2.05) is 27.7 Å². The smallest absolute Gasteiger partial charge is 0.142 e. The molecular formula is C31H56O7. The average Bonchev–Trinajstić information content (AvgIpc) is 2.67. The Kier molecular flexibility index (Phi) is 43.9. The molecule has 0 atom stereocenters. The third kappa shape index (κ3) is 231. The lowest BCUT2D eigenvalue weighted by Crippen LogP contribution is -2.13. The number of carbonyl (C=O) groups excluding carboxylic acids is 3. The highest BCUT2D eigenvalue weighted by Gasteiger charge is 2.04. The molecule has 0 saturated carbocycles. The number of rotatable bonds is 3. The minimum Gasteiger partial charge on any atom is -0.392 e. The third-order valence-corrected chi connectivity index (χ3v) is 2.11. The maximum absolute atomic E-state index is 9.54. The van der Waals surface area contributed by atoms with Crippen LogP contribution < -0.4 is 0 Å². The van der Waals surface area contributed by atoms with Gasteiger partial charge in [-0.1, -0.05) is 35.1 Å². The molecule has 0 saturated heterocycles. The molecule has 222 valence electrons. The van der Waals surface area contributed by atoms with Gasteiger partial charge >= 0.3 is 0 Å². The van der Waals surface area contributed by atoms with E-state index >= 15 is 0 Å². The molecule has 0 fully saturated rings. The Morgan fingerprint density at radius 2 is 0.947 bits per heavy atom. The first-order valence-corrected chi connectivity index (χ1v) is 11.7. The lowest BCUT2D eigenvalue weighted by molar-refractivity contribution is -0.115. The van der Waals surface area contributed by atoms with E-state index in [-0.39, 0.29) is 18.2 Å². The Bertz CT molecular complexity index is 686. The predicted molar refractivity (Wildman–Crippen MR) is 161 cm³/mol. The first-order chi connectivity index (χ1) is 16.7. The van der Waals surface area contributed by atoms with Crippen LogP contribution in [0.1, 0.15) is 96.9 Å². The van der Waals surface area contributed by atoms with E-state index in [1.54, 1.807) is 47.6 Å². The van der Waals surface area contributed by atoms with Crippen LogP contribution in [-0.2, 0) is 14.4 Å². The number of aliphatic hydroxyl groups excluding tert-OH is 1. The monoisotopic (exact) mass is 540 g/mol. The lowest BCUT2D eigenvalue weighted by Gasteiger charge is -2.07. The van der Waals surface area contributed by atoms with Gasteiger partial charge in [0.05, 0.1) is 12.2 Å². The highest BCUT2D eigenvalue weighted by Crippen LogP contribution is 1.98. The molecule has 0 rings (SSSR count). The summed E-state index contributed by atoms with van der Waals surface area (Å²) in [6.45, 7) is 26.9. The summed E-state index contributed by atoms with van der Waals surface area (Å²) in [6, 6.07) is 0. The quantitative estimate of drug-likeness (QED) is 0.171. The number of terminal acetylenes is 2.